The SMILES string of the molecule is NNc1nccn(-c2cccc(F)c2)c1=O. The third-order valence-electron chi connectivity index (χ3n) is 2.06. The van der Waals surface area contributed by atoms with Crippen molar-refractivity contribution >= 4 is 5.82 Å². The normalized spacial score (nSPS) is 10.1. The highest BCUT2D eigenvalue weighted by molar-refractivity contribution is 5.37. The highest BCUT2D eigenvalue weighted by Gasteiger charge is 2.05. The van der Waals surface area contributed by atoms with Crippen LogP contribution in [0, 0.1) is 5.82 Å². The third-order valence-corrected chi connectivity index (χ3v) is 2.06. The molecule has 0 bridgehead atoms. The molecule has 0 amide bonds. The number of nitrogens with two attached hydrogens (primary N) is 1. The van der Waals surface area contributed by atoms with Crippen molar-refractivity contribution in [2.24, 2.45) is 5.84 Å². The second-order valence-corrected chi connectivity index (χ2v) is 3.08. The van der Waals surface area contributed by atoms with E-state index in [0.717, 1.165) is 0 Å². The first-order valence-electron chi connectivity index (χ1n) is 4.52. The molecule has 0 aliphatic heterocycles. The number of hydrazine groups is 1. The zero-order valence-electron chi connectivity index (χ0n) is 8.22. The number of hydrogen-bond donors (Lipinski definition) is 2. The lowest BCUT2D eigenvalue weighted by Gasteiger charge is -2.06. The molecule has 3 N–H and O–H groups in total. The maximum Gasteiger partial charge on any atom is 0.299 e. The fourth-order valence-electron chi connectivity index (χ4n) is 1.34. The van der Waals surface area contributed by atoms with Gasteiger partial charge >= 0.3 is 0 Å². The molecule has 0 radical (unpaired) electrons. The van der Waals surface area contributed by atoms with E-state index < -0.39 is 11.4 Å². The second kappa shape index (κ2) is 4.11. The van der Waals surface area contributed by atoms with Crippen LogP contribution in [0.25, 0.3) is 5.69 Å². The third kappa shape index (κ3) is 1.78. The Morgan fingerprint density at radius 1 is 1.44 bits per heavy atom. The van der Waals surface area contributed by atoms with Gasteiger partial charge in [-0.25, -0.2) is 15.2 Å². The van der Waals surface area contributed by atoms with E-state index >= 15 is 0 Å². The van der Waals surface area contributed by atoms with E-state index in [1.165, 1.54) is 35.2 Å². The predicted octanol–water partition coefficient (Wildman–Crippen LogP) is 0.657. The Bertz CT molecular complexity index is 567. The van der Waals surface area contributed by atoms with Crippen molar-refractivity contribution in [1.29, 1.82) is 0 Å². The van der Waals surface area contributed by atoms with Gasteiger partial charge in [-0.3, -0.25) is 9.36 Å². The lowest BCUT2D eigenvalue weighted by molar-refractivity contribution is 0.626. The molecule has 0 atom stereocenters. The highest BCUT2D eigenvalue weighted by atomic mass is 19.1. The highest BCUT2D eigenvalue weighted by Crippen LogP contribution is 2.07. The Balaban J connectivity index is 2.61. The van der Waals surface area contributed by atoms with Gasteiger partial charge in [0.25, 0.3) is 5.56 Å². The molecule has 0 saturated heterocycles. The van der Waals surface area contributed by atoms with Gasteiger partial charge in [0, 0.05) is 12.4 Å². The number of aromatic nitrogens is 2. The van der Waals surface area contributed by atoms with Crippen LogP contribution in [0.1, 0.15) is 0 Å². The van der Waals surface area contributed by atoms with Gasteiger partial charge < -0.3 is 5.43 Å². The minimum Gasteiger partial charge on any atom is -0.304 e. The van der Waals surface area contributed by atoms with E-state index in [1.807, 2.05) is 0 Å². The minimum atomic E-state index is -0.435. The molecule has 0 unspecified atom stereocenters. The van der Waals surface area contributed by atoms with Crippen molar-refractivity contribution in [1.82, 2.24) is 9.55 Å². The largest absolute Gasteiger partial charge is 0.304 e. The molecule has 0 saturated carbocycles. The van der Waals surface area contributed by atoms with Crippen LogP contribution in [0.2, 0.25) is 0 Å². The first-order valence-corrected chi connectivity index (χ1v) is 4.52. The van der Waals surface area contributed by atoms with Crippen LogP contribution in [0.15, 0.2) is 41.5 Å². The zero-order chi connectivity index (χ0) is 11.5. The molecule has 1 aromatic carbocycles. The second-order valence-electron chi connectivity index (χ2n) is 3.08. The minimum absolute atomic E-state index is 0.00626. The molecule has 1 aromatic heterocycles. The van der Waals surface area contributed by atoms with Crippen LogP contribution in [-0.4, -0.2) is 9.55 Å². The van der Waals surface area contributed by atoms with Gasteiger partial charge in [-0.05, 0) is 18.2 Å². The van der Waals surface area contributed by atoms with Gasteiger partial charge in [0.05, 0.1) is 5.69 Å². The number of halogens is 1. The van der Waals surface area contributed by atoms with Crippen LogP contribution in [0.5, 0.6) is 0 Å². The topological polar surface area (TPSA) is 72.9 Å². The molecule has 0 aliphatic rings. The van der Waals surface area contributed by atoms with Crippen LogP contribution in [0.3, 0.4) is 0 Å². The van der Waals surface area contributed by atoms with Crippen molar-refractivity contribution in [3.05, 3.63) is 52.8 Å². The van der Waals surface area contributed by atoms with E-state index in [4.69, 9.17) is 5.84 Å². The molecule has 2 rings (SSSR count). The monoisotopic (exact) mass is 220 g/mol. The van der Waals surface area contributed by atoms with E-state index in [1.54, 1.807) is 6.07 Å². The van der Waals surface area contributed by atoms with Crippen LogP contribution >= 0.6 is 0 Å². The Labute approximate surface area is 90.3 Å². The summed E-state index contributed by atoms with van der Waals surface area (Å²) in [6.07, 6.45) is 2.85. The molecule has 0 aliphatic carbocycles. The number of nitrogens with one attached hydrogen (secondary N) is 1. The standard InChI is InChI=1S/C10H9FN4O/c11-7-2-1-3-8(6-7)15-5-4-13-9(14-12)10(15)16/h1-6H,12H2,(H,13,14). The first-order chi connectivity index (χ1) is 7.72. The first kappa shape index (κ1) is 10.3. The Morgan fingerprint density at radius 2 is 2.25 bits per heavy atom. The lowest BCUT2D eigenvalue weighted by atomic mass is 10.3. The molecule has 16 heavy (non-hydrogen) atoms. The molecule has 6 heteroatoms. The average Bonchev–Trinajstić information content (AvgIpc) is 2.29. The molecule has 5 nitrogen and oxygen atoms in total. The van der Waals surface area contributed by atoms with Crippen LogP contribution in [0.4, 0.5) is 10.2 Å². The van der Waals surface area contributed by atoms with Gasteiger partial charge in [0.1, 0.15) is 5.82 Å². The summed E-state index contributed by atoms with van der Waals surface area (Å²) in [4.78, 5) is 15.5. The molecule has 1 heterocycles. The van der Waals surface area contributed by atoms with E-state index in [2.05, 4.69) is 10.4 Å². The van der Waals surface area contributed by atoms with Crippen molar-refractivity contribution < 1.29 is 4.39 Å². The fourth-order valence-corrected chi connectivity index (χ4v) is 1.34. The Hall–Kier alpha value is -2.21. The summed E-state index contributed by atoms with van der Waals surface area (Å²) in [5.74, 6) is 4.72. The average molecular weight is 220 g/mol. The van der Waals surface area contributed by atoms with Crippen LogP contribution in [-0.2, 0) is 0 Å². The summed E-state index contributed by atoms with van der Waals surface area (Å²) >= 11 is 0. The Kier molecular flexibility index (Phi) is 2.65. The van der Waals surface area contributed by atoms with Gasteiger partial charge in [-0.1, -0.05) is 6.07 Å². The van der Waals surface area contributed by atoms with Gasteiger partial charge in [-0.15, -0.1) is 0 Å². The molecule has 0 spiro atoms. The van der Waals surface area contributed by atoms with Crippen molar-refractivity contribution in [2.45, 2.75) is 0 Å². The van der Waals surface area contributed by atoms with Gasteiger partial charge in [-0.2, -0.15) is 0 Å². The smallest absolute Gasteiger partial charge is 0.299 e. The van der Waals surface area contributed by atoms with Crippen molar-refractivity contribution in [2.75, 3.05) is 5.43 Å². The van der Waals surface area contributed by atoms with Gasteiger partial charge in [0.2, 0.25) is 5.82 Å². The quantitative estimate of drug-likeness (QED) is 0.576. The molecule has 2 aromatic rings. The molecule has 82 valence electrons. The van der Waals surface area contributed by atoms with Gasteiger partial charge in [0.15, 0.2) is 0 Å². The molecular formula is C10H9FN4O. The van der Waals surface area contributed by atoms with Crippen molar-refractivity contribution in [3.63, 3.8) is 0 Å². The number of hydrogen-bond acceptors (Lipinski definition) is 4. The number of benzene rings is 1. The Morgan fingerprint density at radius 3 is 2.94 bits per heavy atom. The predicted molar refractivity (Wildman–Crippen MR) is 57.6 cm³/mol. The summed E-state index contributed by atoms with van der Waals surface area (Å²) in [5, 5.41) is 0. The van der Waals surface area contributed by atoms with Crippen molar-refractivity contribution in [3.8, 4) is 5.69 Å². The summed E-state index contributed by atoms with van der Waals surface area (Å²) in [6.45, 7) is 0. The molecular weight excluding hydrogens is 211 g/mol. The fraction of sp³-hybridized carbons (Fsp3) is 0. The summed E-state index contributed by atoms with van der Waals surface area (Å²) in [5.41, 5.74) is 2.17. The maximum absolute atomic E-state index is 13.0. The van der Waals surface area contributed by atoms with E-state index in [0.29, 0.717) is 5.69 Å². The zero-order valence-corrected chi connectivity index (χ0v) is 8.22. The maximum atomic E-state index is 13.0. The number of nitrogens with zero attached hydrogens (tertiary/aromatic N) is 2. The summed E-state index contributed by atoms with van der Waals surface area (Å²) in [6, 6.07) is 5.69. The van der Waals surface area contributed by atoms with Crippen LogP contribution < -0.4 is 16.8 Å². The van der Waals surface area contributed by atoms with E-state index in [9.17, 15) is 9.18 Å². The summed E-state index contributed by atoms with van der Waals surface area (Å²) < 4.78 is 14.3. The summed E-state index contributed by atoms with van der Waals surface area (Å²) in [7, 11) is 0. The number of nitrogen functional groups attached to an aromatic ring is 1. The number of rotatable bonds is 2. The molecule has 0 fully saturated rings. The lowest BCUT2D eigenvalue weighted by Crippen LogP contribution is -2.25. The van der Waals surface area contributed by atoms with E-state index in [-0.39, 0.29) is 5.82 Å². The number of anilines is 1.